The van der Waals surface area contributed by atoms with E-state index in [2.05, 4.69) is 0 Å². The number of carbonyl (C=O) groups is 1. The van der Waals surface area contributed by atoms with Crippen molar-refractivity contribution in [2.75, 3.05) is 7.11 Å². The number of hydrogen-bond donors (Lipinski definition) is 2. The molecule has 0 aromatic carbocycles. The Morgan fingerprint density at radius 3 is 2.24 bits per heavy atom. The highest BCUT2D eigenvalue weighted by Crippen LogP contribution is 2.68. The summed E-state index contributed by atoms with van der Waals surface area (Å²) >= 11 is 0. The SMILES string of the molecule is CO.O=C(O)C1CC2CC1C1C3CCC(C3)C21. The molecule has 7 unspecified atom stereocenters. The van der Waals surface area contributed by atoms with Gasteiger partial charge in [-0.1, -0.05) is 0 Å². The molecule has 4 fully saturated rings. The Hall–Kier alpha value is -0.570. The number of aliphatic hydroxyl groups excluding tert-OH is 1. The second kappa shape index (κ2) is 3.98. The molecule has 96 valence electrons. The van der Waals surface area contributed by atoms with Gasteiger partial charge in [0.1, 0.15) is 0 Å². The first-order valence-electron chi connectivity index (χ1n) is 6.93. The minimum absolute atomic E-state index is 0.0237. The summed E-state index contributed by atoms with van der Waals surface area (Å²) in [5.41, 5.74) is 0. The maximum absolute atomic E-state index is 11.2. The van der Waals surface area contributed by atoms with Crippen LogP contribution in [0.3, 0.4) is 0 Å². The van der Waals surface area contributed by atoms with Gasteiger partial charge in [0, 0.05) is 7.11 Å². The van der Waals surface area contributed by atoms with Gasteiger partial charge < -0.3 is 10.2 Å². The Labute approximate surface area is 102 Å². The van der Waals surface area contributed by atoms with Crippen LogP contribution < -0.4 is 0 Å². The third kappa shape index (κ3) is 1.41. The minimum Gasteiger partial charge on any atom is -0.481 e. The van der Waals surface area contributed by atoms with Gasteiger partial charge in [0.05, 0.1) is 5.92 Å². The van der Waals surface area contributed by atoms with Gasteiger partial charge >= 0.3 is 5.97 Å². The molecule has 4 saturated carbocycles. The van der Waals surface area contributed by atoms with Crippen LogP contribution >= 0.6 is 0 Å². The van der Waals surface area contributed by atoms with Crippen LogP contribution in [-0.4, -0.2) is 23.3 Å². The summed E-state index contributed by atoms with van der Waals surface area (Å²) in [6.45, 7) is 0. The van der Waals surface area contributed by atoms with Crippen LogP contribution in [0.2, 0.25) is 0 Å². The maximum Gasteiger partial charge on any atom is 0.306 e. The van der Waals surface area contributed by atoms with Gasteiger partial charge in [-0.3, -0.25) is 4.79 Å². The first-order chi connectivity index (χ1) is 8.25. The van der Waals surface area contributed by atoms with Gasteiger partial charge in [-0.05, 0) is 67.6 Å². The summed E-state index contributed by atoms with van der Waals surface area (Å²) in [6.07, 6.45) is 6.55. The van der Waals surface area contributed by atoms with Crippen molar-refractivity contribution in [1.82, 2.24) is 0 Å². The van der Waals surface area contributed by atoms with E-state index in [0.29, 0.717) is 5.92 Å². The molecule has 0 aromatic rings. The van der Waals surface area contributed by atoms with E-state index in [0.717, 1.165) is 43.1 Å². The lowest BCUT2D eigenvalue weighted by Crippen LogP contribution is -2.35. The molecule has 0 spiro atoms. The molecule has 4 rings (SSSR count). The van der Waals surface area contributed by atoms with Gasteiger partial charge in [0.25, 0.3) is 0 Å². The molecule has 4 bridgehead atoms. The summed E-state index contributed by atoms with van der Waals surface area (Å²) in [5, 5.41) is 16.2. The minimum atomic E-state index is -0.510. The van der Waals surface area contributed by atoms with Crippen LogP contribution in [0.15, 0.2) is 0 Å². The molecule has 2 N–H and O–H groups in total. The van der Waals surface area contributed by atoms with E-state index in [9.17, 15) is 9.90 Å². The van der Waals surface area contributed by atoms with Crippen molar-refractivity contribution in [1.29, 1.82) is 0 Å². The number of fused-ring (bicyclic) bond motifs is 9. The maximum atomic E-state index is 11.2. The molecule has 0 radical (unpaired) electrons. The first-order valence-corrected chi connectivity index (χ1v) is 6.93. The van der Waals surface area contributed by atoms with E-state index in [1.165, 1.54) is 25.7 Å². The summed E-state index contributed by atoms with van der Waals surface area (Å²) in [6, 6.07) is 0. The second-order valence-electron chi connectivity index (χ2n) is 6.33. The number of carboxylic acid groups (broad SMARTS) is 1. The Morgan fingerprint density at radius 2 is 1.59 bits per heavy atom. The topological polar surface area (TPSA) is 57.5 Å². The fraction of sp³-hybridized carbons (Fsp3) is 0.929. The summed E-state index contributed by atoms with van der Waals surface area (Å²) < 4.78 is 0. The van der Waals surface area contributed by atoms with Crippen molar-refractivity contribution >= 4 is 5.97 Å². The number of aliphatic hydroxyl groups is 1. The third-order valence-corrected chi connectivity index (χ3v) is 6.05. The highest BCUT2D eigenvalue weighted by Gasteiger charge is 2.63. The lowest BCUT2D eigenvalue weighted by atomic mass is 9.67. The van der Waals surface area contributed by atoms with E-state index in [-0.39, 0.29) is 5.92 Å². The Bertz CT molecular complexity index is 327. The predicted molar refractivity (Wildman–Crippen MR) is 63.3 cm³/mol. The Balaban J connectivity index is 0.000000431. The fourth-order valence-electron chi connectivity index (χ4n) is 5.85. The molecule has 17 heavy (non-hydrogen) atoms. The van der Waals surface area contributed by atoms with Gasteiger partial charge in [0.2, 0.25) is 0 Å². The van der Waals surface area contributed by atoms with Crippen molar-refractivity contribution in [3.63, 3.8) is 0 Å². The van der Waals surface area contributed by atoms with Crippen LogP contribution in [0.5, 0.6) is 0 Å². The summed E-state index contributed by atoms with van der Waals surface area (Å²) in [7, 11) is 1.00. The molecular weight excluding hydrogens is 216 g/mol. The quantitative estimate of drug-likeness (QED) is 0.687. The average molecular weight is 238 g/mol. The standard InChI is InChI=1S/C13H18O2.CH4O/c14-13(15)10-5-8-4-9(10)12-7-2-1-6(3-7)11(8)12;1-2/h6-12H,1-5H2,(H,14,15);2H,1H3. The van der Waals surface area contributed by atoms with E-state index < -0.39 is 5.97 Å². The van der Waals surface area contributed by atoms with Crippen LogP contribution in [0.25, 0.3) is 0 Å². The summed E-state index contributed by atoms with van der Waals surface area (Å²) in [5.74, 6) is 4.54. The molecule has 4 aliphatic rings. The molecule has 0 amide bonds. The summed E-state index contributed by atoms with van der Waals surface area (Å²) in [4.78, 5) is 11.2. The first kappa shape index (κ1) is 11.5. The van der Waals surface area contributed by atoms with E-state index in [1.807, 2.05) is 0 Å². The van der Waals surface area contributed by atoms with E-state index in [1.54, 1.807) is 0 Å². The third-order valence-electron chi connectivity index (χ3n) is 6.05. The van der Waals surface area contributed by atoms with Crippen molar-refractivity contribution in [3.8, 4) is 0 Å². The Morgan fingerprint density at radius 1 is 0.941 bits per heavy atom. The molecule has 3 nitrogen and oxygen atoms in total. The van der Waals surface area contributed by atoms with Crippen LogP contribution in [0.4, 0.5) is 0 Å². The highest BCUT2D eigenvalue weighted by molar-refractivity contribution is 5.71. The molecule has 0 aromatic heterocycles. The zero-order valence-electron chi connectivity index (χ0n) is 10.4. The molecule has 4 aliphatic carbocycles. The average Bonchev–Trinajstić information content (AvgIpc) is 3.09. The fourth-order valence-corrected chi connectivity index (χ4v) is 5.85. The molecule has 3 heteroatoms. The van der Waals surface area contributed by atoms with Crippen molar-refractivity contribution in [2.24, 2.45) is 41.4 Å². The van der Waals surface area contributed by atoms with Crippen molar-refractivity contribution < 1.29 is 15.0 Å². The van der Waals surface area contributed by atoms with Gasteiger partial charge in [-0.2, -0.15) is 0 Å². The lowest BCUT2D eigenvalue weighted by molar-refractivity contribution is -0.145. The van der Waals surface area contributed by atoms with Gasteiger partial charge in [0.15, 0.2) is 0 Å². The number of hydrogen-bond acceptors (Lipinski definition) is 2. The molecule has 0 aliphatic heterocycles. The number of aliphatic carboxylic acids is 1. The normalized spacial score (nSPS) is 53.2. The number of rotatable bonds is 1. The monoisotopic (exact) mass is 238 g/mol. The molecule has 7 atom stereocenters. The largest absolute Gasteiger partial charge is 0.481 e. The van der Waals surface area contributed by atoms with Crippen LogP contribution in [-0.2, 0) is 4.79 Å². The lowest BCUT2D eigenvalue weighted by Gasteiger charge is -2.37. The van der Waals surface area contributed by atoms with E-state index >= 15 is 0 Å². The number of carboxylic acids is 1. The zero-order valence-corrected chi connectivity index (χ0v) is 10.4. The van der Waals surface area contributed by atoms with Gasteiger partial charge in [-0.25, -0.2) is 0 Å². The zero-order chi connectivity index (χ0) is 12.2. The smallest absolute Gasteiger partial charge is 0.306 e. The van der Waals surface area contributed by atoms with Crippen LogP contribution in [0, 0.1) is 41.4 Å². The predicted octanol–water partition coefficient (Wildman–Crippen LogP) is 2.00. The van der Waals surface area contributed by atoms with Crippen molar-refractivity contribution in [2.45, 2.75) is 32.1 Å². The Kier molecular flexibility index (Phi) is 2.69. The van der Waals surface area contributed by atoms with Crippen molar-refractivity contribution in [3.05, 3.63) is 0 Å². The van der Waals surface area contributed by atoms with E-state index in [4.69, 9.17) is 5.11 Å². The molecular formula is C14H22O3. The molecule has 0 heterocycles. The van der Waals surface area contributed by atoms with Crippen LogP contribution in [0.1, 0.15) is 32.1 Å². The van der Waals surface area contributed by atoms with Gasteiger partial charge in [-0.15, -0.1) is 0 Å². The second-order valence-corrected chi connectivity index (χ2v) is 6.33. The molecule has 0 saturated heterocycles. The highest BCUT2D eigenvalue weighted by atomic mass is 16.4.